The minimum Gasteiger partial charge on any atom is -0.355 e. The Morgan fingerprint density at radius 2 is 2.22 bits per heavy atom. The number of anilines is 1. The highest BCUT2D eigenvalue weighted by Gasteiger charge is 2.29. The van der Waals surface area contributed by atoms with Crippen LogP contribution in [0.3, 0.4) is 0 Å². The minimum atomic E-state index is -0.368. The van der Waals surface area contributed by atoms with Gasteiger partial charge in [0.2, 0.25) is 0 Å². The fourth-order valence-corrected chi connectivity index (χ4v) is 2.85. The van der Waals surface area contributed by atoms with Crippen LogP contribution >= 0.6 is 0 Å². The molecule has 1 aromatic rings. The summed E-state index contributed by atoms with van der Waals surface area (Å²) in [6.45, 7) is 1.81. The van der Waals surface area contributed by atoms with E-state index in [-0.39, 0.29) is 10.6 Å². The zero-order valence-corrected chi connectivity index (χ0v) is 10.1. The average molecular weight is 248 g/mol. The van der Waals surface area contributed by atoms with Gasteiger partial charge in [0, 0.05) is 37.4 Å². The van der Waals surface area contributed by atoms with Crippen molar-refractivity contribution >= 4 is 11.5 Å². The Morgan fingerprint density at radius 1 is 1.39 bits per heavy atom. The number of hydrogen-bond donors (Lipinski definition) is 1. The molecular weight excluding hydrogens is 232 g/mol. The van der Waals surface area contributed by atoms with Gasteiger partial charge >= 0.3 is 0 Å². The molecule has 2 aliphatic heterocycles. The molecule has 2 unspecified atom stereocenters. The maximum absolute atomic E-state index is 10.8. The summed E-state index contributed by atoms with van der Waals surface area (Å²) in [5.74, 6) is 0.721. The Bertz CT molecular complexity index is 465. The molecule has 1 aromatic heterocycles. The van der Waals surface area contributed by atoms with Crippen LogP contribution in [0, 0.1) is 10.1 Å². The van der Waals surface area contributed by atoms with Crippen LogP contribution in [-0.2, 0) is 0 Å². The molecule has 0 amide bonds. The summed E-state index contributed by atoms with van der Waals surface area (Å²) < 4.78 is 0. The highest BCUT2D eigenvalue weighted by atomic mass is 16.6. The standard InChI is InChI=1S/C12H16N4O2/c17-16(18)11-3-5-13-12(7-11)15-6-4-9-1-2-10(8-15)14-9/h3,5,7,9-10,14H,1-2,4,6,8H2. The fourth-order valence-electron chi connectivity index (χ4n) is 2.85. The van der Waals surface area contributed by atoms with Gasteiger partial charge in [-0.2, -0.15) is 0 Å². The molecule has 2 aliphatic rings. The zero-order valence-electron chi connectivity index (χ0n) is 10.1. The molecule has 3 heterocycles. The van der Waals surface area contributed by atoms with Gasteiger partial charge in [-0.1, -0.05) is 0 Å². The summed E-state index contributed by atoms with van der Waals surface area (Å²) in [5.41, 5.74) is 0.113. The van der Waals surface area contributed by atoms with Crippen LogP contribution in [0.2, 0.25) is 0 Å². The Labute approximate surface area is 105 Å². The number of fused-ring (bicyclic) bond motifs is 2. The largest absolute Gasteiger partial charge is 0.355 e. The van der Waals surface area contributed by atoms with E-state index in [0.29, 0.717) is 12.1 Å². The van der Waals surface area contributed by atoms with Crippen LogP contribution in [0.15, 0.2) is 18.3 Å². The molecule has 2 atom stereocenters. The molecule has 6 heteroatoms. The second-order valence-electron chi connectivity index (χ2n) is 5.00. The van der Waals surface area contributed by atoms with Gasteiger partial charge in [0.05, 0.1) is 11.0 Å². The van der Waals surface area contributed by atoms with Crippen molar-refractivity contribution in [1.29, 1.82) is 0 Å². The summed E-state index contributed by atoms with van der Waals surface area (Å²) in [6, 6.07) is 4.11. The topological polar surface area (TPSA) is 71.3 Å². The Kier molecular flexibility index (Phi) is 2.87. The first-order valence-corrected chi connectivity index (χ1v) is 6.34. The SMILES string of the molecule is O=[N+]([O-])c1ccnc(N2CCC3CCC(C2)N3)c1. The van der Waals surface area contributed by atoms with Gasteiger partial charge in [-0.05, 0) is 19.3 Å². The molecule has 0 spiro atoms. The molecule has 0 radical (unpaired) electrons. The fraction of sp³-hybridized carbons (Fsp3) is 0.583. The lowest BCUT2D eigenvalue weighted by atomic mass is 10.1. The van der Waals surface area contributed by atoms with Crippen molar-refractivity contribution in [3.8, 4) is 0 Å². The van der Waals surface area contributed by atoms with E-state index in [0.717, 1.165) is 25.3 Å². The van der Waals surface area contributed by atoms with Gasteiger partial charge in [0.25, 0.3) is 5.69 Å². The van der Waals surface area contributed by atoms with Crippen LogP contribution < -0.4 is 10.2 Å². The van der Waals surface area contributed by atoms with E-state index in [2.05, 4.69) is 15.2 Å². The summed E-state index contributed by atoms with van der Waals surface area (Å²) in [6.07, 6.45) is 5.04. The van der Waals surface area contributed by atoms with E-state index in [1.54, 1.807) is 6.07 Å². The molecule has 3 rings (SSSR count). The second-order valence-corrected chi connectivity index (χ2v) is 5.00. The molecule has 0 aromatic carbocycles. The van der Waals surface area contributed by atoms with Gasteiger partial charge in [0.1, 0.15) is 5.82 Å². The molecule has 0 aliphatic carbocycles. The third kappa shape index (κ3) is 2.15. The molecule has 0 saturated carbocycles. The molecule has 2 saturated heterocycles. The maximum atomic E-state index is 10.8. The quantitative estimate of drug-likeness (QED) is 0.631. The van der Waals surface area contributed by atoms with Gasteiger partial charge in [0.15, 0.2) is 0 Å². The van der Waals surface area contributed by atoms with Crippen molar-refractivity contribution in [3.05, 3.63) is 28.4 Å². The lowest BCUT2D eigenvalue weighted by molar-refractivity contribution is -0.384. The predicted octanol–water partition coefficient (Wildman–Crippen LogP) is 1.32. The normalized spacial score (nSPS) is 27.0. The van der Waals surface area contributed by atoms with Gasteiger partial charge in [-0.15, -0.1) is 0 Å². The van der Waals surface area contributed by atoms with Gasteiger partial charge in [-0.3, -0.25) is 10.1 Å². The van der Waals surface area contributed by atoms with Crippen LogP contribution in [0.1, 0.15) is 19.3 Å². The maximum Gasteiger partial charge on any atom is 0.274 e. The van der Waals surface area contributed by atoms with E-state index in [4.69, 9.17) is 0 Å². The van der Waals surface area contributed by atoms with Crippen LogP contribution in [0.5, 0.6) is 0 Å². The molecule has 1 N–H and O–H groups in total. The first-order valence-electron chi connectivity index (χ1n) is 6.34. The first-order chi connectivity index (χ1) is 8.72. The van der Waals surface area contributed by atoms with Crippen molar-refractivity contribution < 1.29 is 4.92 Å². The highest BCUT2D eigenvalue weighted by molar-refractivity contribution is 5.47. The number of rotatable bonds is 2. The molecule has 2 bridgehead atoms. The monoisotopic (exact) mass is 248 g/mol. The number of pyridine rings is 1. The predicted molar refractivity (Wildman–Crippen MR) is 67.7 cm³/mol. The molecule has 2 fully saturated rings. The van der Waals surface area contributed by atoms with Gasteiger partial charge < -0.3 is 10.2 Å². The van der Waals surface area contributed by atoms with E-state index in [9.17, 15) is 10.1 Å². The van der Waals surface area contributed by atoms with Crippen LogP contribution in [0.4, 0.5) is 11.5 Å². The highest BCUT2D eigenvalue weighted by Crippen LogP contribution is 2.25. The number of nitrogens with one attached hydrogen (secondary N) is 1. The summed E-state index contributed by atoms with van der Waals surface area (Å²) >= 11 is 0. The van der Waals surface area contributed by atoms with Gasteiger partial charge in [-0.25, -0.2) is 4.98 Å². The number of hydrogen-bond acceptors (Lipinski definition) is 5. The number of nitro groups is 1. The smallest absolute Gasteiger partial charge is 0.274 e. The molecule has 18 heavy (non-hydrogen) atoms. The number of nitrogens with zero attached hydrogens (tertiary/aromatic N) is 3. The lowest BCUT2D eigenvalue weighted by Gasteiger charge is -2.24. The zero-order chi connectivity index (χ0) is 12.5. The van der Waals surface area contributed by atoms with Crippen molar-refractivity contribution in [2.75, 3.05) is 18.0 Å². The lowest BCUT2D eigenvalue weighted by Crippen LogP contribution is -2.35. The van der Waals surface area contributed by atoms with E-state index >= 15 is 0 Å². The van der Waals surface area contributed by atoms with E-state index < -0.39 is 0 Å². The molecule has 96 valence electrons. The minimum absolute atomic E-state index is 0.113. The molecular formula is C12H16N4O2. The molecule has 6 nitrogen and oxygen atoms in total. The first kappa shape index (κ1) is 11.4. The Balaban J connectivity index is 1.81. The second kappa shape index (κ2) is 4.53. The van der Waals surface area contributed by atoms with Crippen LogP contribution in [0.25, 0.3) is 0 Å². The van der Waals surface area contributed by atoms with E-state index in [1.807, 2.05) is 0 Å². The third-order valence-corrected chi connectivity index (χ3v) is 3.79. The average Bonchev–Trinajstić information content (AvgIpc) is 2.69. The summed E-state index contributed by atoms with van der Waals surface area (Å²) in [5, 5.41) is 14.4. The van der Waals surface area contributed by atoms with Crippen molar-refractivity contribution in [2.45, 2.75) is 31.3 Å². The van der Waals surface area contributed by atoms with Crippen LogP contribution in [-0.4, -0.2) is 35.1 Å². The van der Waals surface area contributed by atoms with E-state index in [1.165, 1.54) is 25.1 Å². The summed E-state index contributed by atoms with van der Waals surface area (Å²) in [4.78, 5) is 16.8. The van der Waals surface area contributed by atoms with Crippen molar-refractivity contribution in [1.82, 2.24) is 10.3 Å². The number of aromatic nitrogens is 1. The Morgan fingerprint density at radius 3 is 3.06 bits per heavy atom. The third-order valence-electron chi connectivity index (χ3n) is 3.79. The summed E-state index contributed by atoms with van der Waals surface area (Å²) in [7, 11) is 0. The van der Waals surface area contributed by atoms with Crippen molar-refractivity contribution in [3.63, 3.8) is 0 Å². The van der Waals surface area contributed by atoms with Crippen molar-refractivity contribution in [2.24, 2.45) is 0 Å². The Hall–Kier alpha value is -1.69.